The average Bonchev–Trinajstić information content (AvgIpc) is 3.56. The number of rotatable bonds is 8. The molecule has 0 atom stereocenters. The van der Waals surface area contributed by atoms with Gasteiger partial charge in [0.2, 0.25) is 5.91 Å². The molecule has 1 amide bonds. The predicted octanol–water partition coefficient (Wildman–Crippen LogP) is 4.68. The smallest absolute Gasteiger partial charge is 0.267 e. The molecule has 9 heteroatoms. The van der Waals surface area contributed by atoms with Gasteiger partial charge in [-0.2, -0.15) is 0 Å². The van der Waals surface area contributed by atoms with Gasteiger partial charge in [0.25, 0.3) is 5.56 Å². The Hall–Kier alpha value is -3.04. The van der Waals surface area contributed by atoms with E-state index in [1.54, 1.807) is 40.2 Å². The zero-order valence-electron chi connectivity index (χ0n) is 19.1. The van der Waals surface area contributed by atoms with Crippen LogP contribution in [0.15, 0.2) is 57.0 Å². The molecular weight excluding hydrogens is 470 g/mol. The number of ether oxygens (including phenoxy) is 1. The molecule has 0 aliphatic heterocycles. The quantitative estimate of drug-likeness (QED) is 0.261. The molecule has 0 saturated heterocycles. The van der Waals surface area contributed by atoms with Crippen LogP contribution in [0.2, 0.25) is 0 Å². The minimum Gasteiger partial charge on any atom is -0.494 e. The number of hydrogen-bond acceptors (Lipinski definition) is 7. The summed E-state index contributed by atoms with van der Waals surface area (Å²) in [5, 5.41) is 1.23. The molecule has 1 aliphatic rings. The van der Waals surface area contributed by atoms with Crippen LogP contribution in [0.5, 0.6) is 5.75 Å². The molecule has 0 saturated carbocycles. The molecule has 1 aliphatic carbocycles. The Morgan fingerprint density at radius 1 is 1.26 bits per heavy atom. The number of benzene rings is 1. The summed E-state index contributed by atoms with van der Waals surface area (Å²) in [7, 11) is 1.74. The fourth-order valence-corrected chi connectivity index (χ4v) is 6.42. The van der Waals surface area contributed by atoms with Crippen molar-refractivity contribution < 1.29 is 13.9 Å². The first-order chi connectivity index (χ1) is 16.5. The van der Waals surface area contributed by atoms with E-state index in [4.69, 9.17) is 14.1 Å². The number of furan rings is 1. The second-order valence-corrected chi connectivity index (χ2v) is 10.1. The summed E-state index contributed by atoms with van der Waals surface area (Å²) in [4.78, 5) is 35.1. The van der Waals surface area contributed by atoms with Crippen molar-refractivity contribution in [2.75, 3.05) is 19.4 Å². The summed E-state index contributed by atoms with van der Waals surface area (Å²) in [6.45, 7) is 2.90. The van der Waals surface area contributed by atoms with Crippen LogP contribution in [0.4, 0.5) is 0 Å². The molecule has 4 aromatic rings. The van der Waals surface area contributed by atoms with Crippen LogP contribution < -0.4 is 10.3 Å². The lowest BCUT2D eigenvalue weighted by molar-refractivity contribution is -0.127. The maximum absolute atomic E-state index is 13.7. The number of hydrogen-bond donors (Lipinski definition) is 0. The molecule has 0 fully saturated rings. The summed E-state index contributed by atoms with van der Waals surface area (Å²) in [5.74, 6) is 1.56. The van der Waals surface area contributed by atoms with Crippen LogP contribution in [-0.2, 0) is 24.2 Å². The Bertz CT molecular complexity index is 1370. The maximum Gasteiger partial charge on any atom is 0.267 e. The van der Waals surface area contributed by atoms with Gasteiger partial charge in [0.1, 0.15) is 16.3 Å². The molecule has 176 valence electrons. The van der Waals surface area contributed by atoms with E-state index in [2.05, 4.69) is 0 Å². The zero-order valence-corrected chi connectivity index (χ0v) is 20.7. The lowest BCUT2D eigenvalue weighted by Crippen LogP contribution is -2.28. The second kappa shape index (κ2) is 9.68. The van der Waals surface area contributed by atoms with E-state index in [0.29, 0.717) is 24.0 Å². The van der Waals surface area contributed by atoms with Crippen LogP contribution in [0.3, 0.4) is 0 Å². The van der Waals surface area contributed by atoms with Crippen molar-refractivity contribution in [3.8, 4) is 11.4 Å². The Kier molecular flexibility index (Phi) is 6.47. The molecule has 3 aromatic heterocycles. The summed E-state index contributed by atoms with van der Waals surface area (Å²) >= 11 is 2.89. The summed E-state index contributed by atoms with van der Waals surface area (Å²) in [6.07, 6.45) is 4.58. The van der Waals surface area contributed by atoms with Crippen LogP contribution in [0.1, 0.15) is 29.5 Å². The van der Waals surface area contributed by atoms with Gasteiger partial charge in [-0.1, -0.05) is 11.8 Å². The highest BCUT2D eigenvalue weighted by molar-refractivity contribution is 7.99. The first kappa shape index (κ1) is 22.7. The number of nitrogens with zero attached hydrogens (tertiary/aromatic N) is 3. The van der Waals surface area contributed by atoms with Crippen molar-refractivity contribution in [1.82, 2.24) is 14.5 Å². The monoisotopic (exact) mass is 495 g/mol. The standard InChI is InChI=1S/C25H25N3O4S2/c1-3-31-17-11-9-16(10-12-17)28-24(30)22-19-7-4-8-20(19)34-23(22)26-25(28)33-15-21(29)27(2)14-18-6-5-13-32-18/h5-6,9-13H,3-4,7-8,14-15H2,1-2H3. The topological polar surface area (TPSA) is 77.6 Å². The van der Waals surface area contributed by atoms with Gasteiger partial charge in [0, 0.05) is 11.9 Å². The maximum atomic E-state index is 13.7. The normalized spacial score (nSPS) is 12.8. The number of aromatic nitrogens is 2. The number of thiophene rings is 1. The number of carbonyl (C=O) groups is 1. The zero-order chi connectivity index (χ0) is 23.7. The Morgan fingerprint density at radius 2 is 2.09 bits per heavy atom. The molecule has 0 unspecified atom stereocenters. The van der Waals surface area contributed by atoms with E-state index in [1.807, 2.05) is 37.3 Å². The van der Waals surface area contributed by atoms with E-state index in [-0.39, 0.29) is 17.2 Å². The molecule has 0 radical (unpaired) electrons. The van der Waals surface area contributed by atoms with Crippen molar-refractivity contribution in [3.63, 3.8) is 0 Å². The van der Waals surface area contributed by atoms with Crippen molar-refractivity contribution in [3.05, 3.63) is 69.2 Å². The van der Waals surface area contributed by atoms with Crippen molar-refractivity contribution in [1.29, 1.82) is 0 Å². The SMILES string of the molecule is CCOc1ccc(-n2c(SCC(=O)N(C)Cc3ccco3)nc3sc4c(c3c2=O)CCC4)cc1. The largest absolute Gasteiger partial charge is 0.494 e. The molecular formula is C25H25N3O4S2. The molecule has 7 nitrogen and oxygen atoms in total. The van der Waals surface area contributed by atoms with Crippen LogP contribution in [-0.4, -0.2) is 39.8 Å². The lowest BCUT2D eigenvalue weighted by atomic mass is 10.2. The van der Waals surface area contributed by atoms with Gasteiger partial charge < -0.3 is 14.1 Å². The van der Waals surface area contributed by atoms with E-state index in [9.17, 15) is 9.59 Å². The number of carbonyl (C=O) groups excluding carboxylic acids is 1. The molecule has 0 spiro atoms. The fourth-order valence-electron chi connectivity index (χ4n) is 4.17. The van der Waals surface area contributed by atoms with Gasteiger partial charge in [-0.15, -0.1) is 11.3 Å². The first-order valence-electron chi connectivity index (χ1n) is 11.2. The minimum absolute atomic E-state index is 0.0670. The highest BCUT2D eigenvalue weighted by atomic mass is 32.2. The van der Waals surface area contributed by atoms with E-state index >= 15 is 0 Å². The molecule has 0 N–H and O–H groups in total. The van der Waals surface area contributed by atoms with Gasteiger partial charge in [-0.3, -0.25) is 14.2 Å². The first-order valence-corrected chi connectivity index (χ1v) is 13.0. The number of thioether (sulfide) groups is 1. The van der Waals surface area contributed by atoms with Crippen LogP contribution in [0, 0.1) is 0 Å². The molecule has 34 heavy (non-hydrogen) atoms. The van der Waals surface area contributed by atoms with Crippen LogP contribution >= 0.6 is 23.1 Å². The third kappa shape index (κ3) is 4.37. The molecule has 1 aromatic carbocycles. The van der Waals surface area contributed by atoms with Gasteiger partial charge in [-0.05, 0) is 68.1 Å². The number of aryl methyl sites for hydroxylation is 2. The minimum atomic E-state index is -0.0764. The Morgan fingerprint density at radius 3 is 2.82 bits per heavy atom. The Balaban J connectivity index is 1.49. The highest BCUT2D eigenvalue weighted by Crippen LogP contribution is 2.36. The fraction of sp³-hybridized carbons (Fsp3) is 0.320. The van der Waals surface area contributed by atoms with Gasteiger partial charge in [0.15, 0.2) is 5.16 Å². The van der Waals surface area contributed by atoms with Crippen molar-refractivity contribution in [2.45, 2.75) is 37.9 Å². The Labute approximate surface area is 205 Å². The molecule has 0 bridgehead atoms. The third-order valence-electron chi connectivity index (χ3n) is 5.84. The summed E-state index contributed by atoms with van der Waals surface area (Å²) < 4.78 is 12.5. The van der Waals surface area contributed by atoms with E-state index in [1.165, 1.54) is 16.6 Å². The number of fused-ring (bicyclic) bond motifs is 3. The van der Waals surface area contributed by atoms with E-state index < -0.39 is 0 Å². The molecule has 5 rings (SSSR count). The third-order valence-corrected chi connectivity index (χ3v) is 7.95. The second-order valence-electron chi connectivity index (χ2n) is 8.12. The van der Waals surface area contributed by atoms with Gasteiger partial charge in [0.05, 0.1) is 36.2 Å². The van der Waals surface area contributed by atoms with Gasteiger partial charge in [-0.25, -0.2) is 4.98 Å². The molecule has 3 heterocycles. The predicted molar refractivity (Wildman–Crippen MR) is 134 cm³/mol. The summed E-state index contributed by atoms with van der Waals surface area (Å²) in [6, 6.07) is 11.1. The highest BCUT2D eigenvalue weighted by Gasteiger charge is 2.24. The number of amides is 1. The summed E-state index contributed by atoms with van der Waals surface area (Å²) in [5.41, 5.74) is 1.77. The van der Waals surface area contributed by atoms with Crippen molar-refractivity contribution >= 4 is 39.2 Å². The van der Waals surface area contributed by atoms with E-state index in [0.717, 1.165) is 46.6 Å². The van der Waals surface area contributed by atoms with Crippen molar-refractivity contribution in [2.24, 2.45) is 0 Å². The average molecular weight is 496 g/mol. The lowest BCUT2D eigenvalue weighted by Gasteiger charge is -2.17. The van der Waals surface area contributed by atoms with Gasteiger partial charge >= 0.3 is 0 Å². The van der Waals surface area contributed by atoms with Crippen LogP contribution in [0.25, 0.3) is 15.9 Å².